The van der Waals surface area contributed by atoms with E-state index in [9.17, 15) is 4.79 Å². The molecule has 0 aliphatic heterocycles. The largest absolute Gasteiger partial charge is 0.456 e. The number of nitrogens with zero attached hydrogens (tertiary/aromatic N) is 2. The fourth-order valence-electron chi connectivity index (χ4n) is 2.04. The van der Waals surface area contributed by atoms with Gasteiger partial charge >= 0.3 is 5.97 Å². The fourth-order valence-corrected chi connectivity index (χ4v) is 2.04. The van der Waals surface area contributed by atoms with Gasteiger partial charge in [-0.1, -0.05) is 0 Å². The number of aromatic nitrogens is 2. The van der Waals surface area contributed by atoms with Crippen LogP contribution in [0.15, 0.2) is 6.07 Å². The summed E-state index contributed by atoms with van der Waals surface area (Å²) in [7, 11) is 0. The van der Waals surface area contributed by atoms with E-state index in [0.717, 1.165) is 18.5 Å². The molecule has 1 atom stereocenters. The molecule has 1 aromatic heterocycles. The van der Waals surface area contributed by atoms with E-state index in [4.69, 9.17) is 11.2 Å². The summed E-state index contributed by atoms with van der Waals surface area (Å²) in [6, 6.07) is 1.76. The predicted octanol–water partition coefficient (Wildman–Crippen LogP) is 2.17. The third-order valence-electron chi connectivity index (χ3n) is 3.14. The second-order valence-corrected chi connectivity index (χ2v) is 4.68. The summed E-state index contributed by atoms with van der Waals surface area (Å²) in [5, 5.41) is 4.24. The average molecular weight is 246 g/mol. The molecule has 0 spiro atoms. The maximum atomic E-state index is 12.1. The van der Waals surface area contributed by atoms with Crippen molar-refractivity contribution in [3.8, 4) is 12.3 Å². The quantitative estimate of drug-likeness (QED) is 0.591. The molecule has 18 heavy (non-hydrogen) atoms. The fraction of sp³-hybridized carbons (Fsp3) is 0.571. The SMILES string of the molecule is C#CC[C@@H](OC(=O)c1cc(C)nn1CC)C1CC1. The van der Waals surface area contributed by atoms with Gasteiger partial charge in [-0.15, -0.1) is 12.3 Å². The lowest BCUT2D eigenvalue weighted by molar-refractivity contribution is 0.0247. The Bertz CT molecular complexity index is 480. The number of aryl methyl sites for hydroxylation is 2. The lowest BCUT2D eigenvalue weighted by Crippen LogP contribution is -2.22. The van der Waals surface area contributed by atoms with Gasteiger partial charge in [-0.05, 0) is 38.7 Å². The van der Waals surface area contributed by atoms with E-state index in [1.807, 2.05) is 13.8 Å². The smallest absolute Gasteiger partial charge is 0.356 e. The van der Waals surface area contributed by atoms with Crippen molar-refractivity contribution in [1.29, 1.82) is 0 Å². The minimum Gasteiger partial charge on any atom is -0.456 e. The molecular formula is C14H18N2O2. The van der Waals surface area contributed by atoms with Gasteiger partial charge in [0, 0.05) is 13.0 Å². The maximum absolute atomic E-state index is 12.1. The van der Waals surface area contributed by atoms with Crippen LogP contribution in [-0.2, 0) is 11.3 Å². The van der Waals surface area contributed by atoms with Crippen LogP contribution < -0.4 is 0 Å². The molecule has 1 fully saturated rings. The summed E-state index contributed by atoms with van der Waals surface area (Å²) in [4.78, 5) is 12.1. The molecular weight excluding hydrogens is 228 g/mol. The second kappa shape index (κ2) is 5.26. The lowest BCUT2D eigenvalue weighted by atomic mass is 10.2. The summed E-state index contributed by atoms with van der Waals surface area (Å²) in [5.74, 6) is 2.71. The highest BCUT2D eigenvalue weighted by Crippen LogP contribution is 2.36. The number of hydrogen-bond acceptors (Lipinski definition) is 3. The van der Waals surface area contributed by atoms with Crippen molar-refractivity contribution in [2.75, 3.05) is 0 Å². The zero-order valence-corrected chi connectivity index (χ0v) is 10.8. The van der Waals surface area contributed by atoms with E-state index in [1.54, 1.807) is 10.7 Å². The van der Waals surface area contributed by atoms with E-state index in [1.165, 1.54) is 0 Å². The van der Waals surface area contributed by atoms with Crippen LogP contribution in [0.4, 0.5) is 0 Å². The first-order valence-corrected chi connectivity index (χ1v) is 6.34. The van der Waals surface area contributed by atoms with Crippen LogP contribution in [-0.4, -0.2) is 21.9 Å². The Morgan fingerprint density at radius 3 is 3.00 bits per heavy atom. The molecule has 1 aliphatic rings. The highest BCUT2D eigenvalue weighted by molar-refractivity contribution is 5.87. The number of esters is 1. The van der Waals surface area contributed by atoms with Crippen LogP contribution in [0.5, 0.6) is 0 Å². The van der Waals surface area contributed by atoms with Gasteiger partial charge in [0.05, 0.1) is 5.69 Å². The minimum atomic E-state index is -0.315. The molecule has 0 unspecified atom stereocenters. The molecule has 1 saturated carbocycles. The van der Waals surface area contributed by atoms with Crippen LogP contribution in [0.1, 0.15) is 42.4 Å². The number of ether oxygens (including phenoxy) is 1. The number of carbonyl (C=O) groups excluding carboxylic acids is 1. The third kappa shape index (κ3) is 2.73. The number of terminal acetylenes is 1. The normalized spacial score (nSPS) is 16.1. The molecule has 1 aliphatic carbocycles. The van der Waals surface area contributed by atoms with Crippen LogP contribution in [0, 0.1) is 25.2 Å². The van der Waals surface area contributed by atoms with Crippen molar-refractivity contribution >= 4 is 5.97 Å². The Morgan fingerprint density at radius 1 is 1.72 bits per heavy atom. The highest BCUT2D eigenvalue weighted by Gasteiger charge is 2.34. The van der Waals surface area contributed by atoms with Gasteiger partial charge in [-0.25, -0.2) is 4.79 Å². The standard InChI is InChI=1S/C14H18N2O2/c1-4-6-13(11-7-8-11)18-14(17)12-9-10(3)15-16(12)5-2/h1,9,11,13H,5-8H2,2-3H3/t13-/m1/s1. The van der Waals surface area contributed by atoms with Gasteiger partial charge in [-0.2, -0.15) is 5.10 Å². The monoisotopic (exact) mass is 246 g/mol. The first-order valence-electron chi connectivity index (χ1n) is 6.34. The Morgan fingerprint density at radius 2 is 2.44 bits per heavy atom. The van der Waals surface area contributed by atoms with E-state index in [0.29, 0.717) is 24.6 Å². The molecule has 0 bridgehead atoms. The highest BCUT2D eigenvalue weighted by atomic mass is 16.5. The van der Waals surface area contributed by atoms with Crippen LogP contribution in [0.3, 0.4) is 0 Å². The molecule has 1 aromatic rings. The molecule has 2 rings (SSSR count). The van der Waals surface area contributed by atoms with Gasteiger partial charge in [0.25, 0.3) is 0 Å². The summed E-state index contributed by atoms with van der Waals surface area (Å²) >= 11 is 0. The van der Waals surface area contributed by atoms with Gasteiger partial charge < -0.3 is 4.74 Å². The third-order valence-corrected chi connectivity index (χ3v) is 3.14. The van der Waals surface area contributed by atoms with Gasteiger partial charge in [-0.3, -0.25) is 4.68 Å². The predicted molar refractivity (Wildman–Crippen MR) is 68.0 cm³/mol. The number of rotatable bonds is 5. The Kier molecular flexibility index (Phi) is 3.71. The topological polar surface area (TPSA) is 44.1 Å². The molecule has 0 amide bonds. The second-order valence-electron chi connectivity index (χ2n) is 4.68. The van der Waals surface area contributed by atoms with E-state index < -0.39 is 0 Å². The summed E-state index contributed by atoms with van der Waals surface area (Å²) in [5.41, 5.74) is 1.33. The maximum Gasteiger partial charge on any atom is 0.356 e. The van der Waals surface area contributed by atoms with E-state index >= 15 is 0 Å². The van der Waals surface area contributed by atoms with Gasteiger partial charge in [0.1, 0.15) is 11.8 Å². The Labute approximate surface area is 107 Å². The minimum absolute atomic E-state index is 0.136. The molecule has 0 radical (unpaired) electrons. The van der Waals surface area contributed by atoms with Crippen molar-refractivity contribution in [2.24, 2.45) is 5.92 Å². The Hall–Kier alpha value is -1.76. The van der Waals surface area contributed by atoms with Gasteiger partial charge in [0.15, 0.2) is 0 Å². The molecule has 0 aromatic carbocycles. The molecule has 1 heterocycles. The molecule has 96 valence electrons. The van der Waals surface area contributed by atoms with Gasteiger partial charge in [0.2, 0.25) is 0 Å². The molecule has 0 saturated heterocycles. The van der Waals surface area contributed by atoms with Crippen molar-refractivity contribution in [3.05, 3.63) is 17.5 Å². The summed E-state index contributed by atoms with van der Waals surface area (Å²) in [6.45, 7) is 4.47. The number of hydrogen-bond donors (Lipinski definition) is 0. The van der Waals surface area contributed by atoms with Crippen LogP contribution >= 0.6 is 0 Å². The van der Waals surface area contributed by atoms with E-state index in [-0.39, 0.29) is 12.1 Å². The van der Waals surface area contributed by atoms with Crippen LogP contribution in [0.2, 0.25) is 0 Å². The zero-order chi connectivity index (χ0) is 13.1. The molecule has 4 heteroatoms. The van der Waals surface area contributed by atoms with Crippen molar-refractivity contribution in [1.82, 2.24) is 9.78 Å². The first kappa shape index (κ1) is 12.7. The molecule has 0 N–H and O–H groups in total. The van der Waals surface area contributed by atoms with Crippen LogP contribution in [0.25, 0.3) is 0 Å². The van der Waals surface area contributed by atoms with Crippen molar-refractivity contribution in [3.63, 3.8) is 0 Å². The Balaban J connectivity index is 2.08. The first-order chi connectivity index (χ1) is 8.65. The van der Waals surface area contributed by atoms with Crippen molar-refractivity contribution in [2.45, 2.75) is 45.8 Å². The zero-order valence-electron chi connectivity index (χ0n) is 10.8. The molecule has 4 nitrogen and oxygen atoms in total. The summed E-state index contributed by atoms with van der Waals surface area (Å²) in [6.07, 6.45) is 7.88. The average Bonchev–Trinajstić information content (AvgIpc) is 3.11. The number of carbonyl (C=O) groups is 1. The summed E-state index contributed by atoms with van der Waals surface area (Å²) < 4.78 is 7.18. The lowest BCUT2D eigenvalue weighted by Gasteiger charge is -2.15. The van der Waals surface area contributed by atoms with Crippen molar-refractivity contribution < 1.29 is 9.53 Å². The van der Waals surface area contributed by atoms with E-state index in [2.05, 4.69) is 11.0 Å².